The highest BCUT2D eigenvalue weighted by atomic mass is 35.5. The van der Waals surface area contributed by atoms with Crippen LogP contribution in [0.1, 0.15) is 0 Å². The number of hydroxylamine groups is 2. The van der Waals surface area contributed by atoms with Crippen molar-refractivity contribution in [2.24, 2.45) is 5.73 Å². The number of nitrogens with zero attached hydrogens (tertiary/aromatic N) is 1. The molecule has 0 spiro atoms. The zero-order valence-electron chi connectivity index (χ0n) is 13.0. The van der Waals surface area contributed by atoms with Crippen LogP contribution >= 0.6 is 11.6 Å². The number of carbonyl (C=O) groups excluding carboxylic acids is 1. The quantitative estimate of drug-likeness (QED) is 0.777. The summed E-state index contributed by atoms with van der Waals surface area (Å²) in [5, 5.41) is 2.24. The van der Waals surface area contributed by atoms with E-state index in [2.05, 4.69) is 0 Å². The lowest BCUT2D eigenvalue weighted by Crippen LogP contribution is -2.40. The van der Waals surface area contributed by atoms with E-state index in [0.29, 0.717) is 23.1 Å². The molecule has 24 heavy (non-hydrogen) atoms. The van der Waals surface area contributed by atoms with Gasteiger partial charge in [0.2, 0.25) is 0 Å². The molecule has 0 bridgehead atoms. The highest BCUT2D eigenvalue weighted by molar-refractivity contribution is 6.30. The van der Waals surface area contributed by atoms with Crippen molar-refractivity contribution in [3.63, 3.8) is 0 Å². The van der Waals surface area contributed by atoms with E-state index < -0.39 is 12.0 Å². The van der Waals surface area contributed by atoms with E-state index in [9.17, 15) is 4.79 Å². The third-order valence-corrected chi connectivity index (χ3v) is 3.84. The molecular weight excluding hydrogens is 332 g/mol. The number of carbonyl (C=O) groups is 1. The lowest BCUT2D eigenvalue weighted by atomic mass is 10.2. The first-order valence-electron chi connectivity index (χ1n) is 7.37. The fourth-order valence-corrected chi connectivity index (χ4v) is 2.37. The van der Waals surface area contributed by atoms with Crippen molar-refractivity contribution in [3.8, 4) is 17.2 Å². The molecule has 1 fully saturated rings. The predicted octanol–water partition coefficient (Wildman–Crippen LogP) is 2.26. The number of hydrogen-bond donors (Lipinski definition) is 1. The van der Waals surface area contributed by atoms with Crippen LogP contribution in [0.25, 0.3) is 0 Å². The van der Waals surface area contributed by atoms with Gasteiger partial charge in [-0.05, 0) is 48.5 Å². The molecule has 1 unspecified atom stereocenters. The smallest absolute Gasteiger partial charge is 0.260 e. The molecule has 6 nitrogen and oxygen atoms in total. The largest absolute Gasteiger partial charge is 0.497 e. The summed E-state index contributed by atoms with van der Waals surface area (Å²) in [6.07, 6.45) is -0.801. The van der Waals surface area contributed by atoms with Crippen LogP contribution in [0.2, 0.25) is 5.02 Å². The van der Waals surface area contributed by atoms with Crippen LogP contribution in [0.3, 0.4) is 0 Å². The first kappa shape index (κ1) is 16.4. The van der Waals surface area contributed by atoms with Gasteiger partial charge in [0.15, 0.2) is 6.10 Å². The highest BCUT2D eigenvalue weighted by Crippen LogP contribution is 2.28. The van der Waals surface area contributed by atoms with Gasteiger partial charge in [-0.1, -0.05) is 11.6 Å². The van der Waals surface area contributed by atoms with Crippen molar-refractivity contribution in [3.05, 3.63) is 53.6 Å². The maximum absolute atomic E-state index is 11.7. The summed E-state index contributed by atoms with van der Waals surface area (Å²) in [7, 11) is 1.60. The maximum atomic E-state index is 11.7. The second kappa shape index (κ2) is 6.98. The predicted molar refractivity (Wildman–Crippen MR) is 89.2 cm³/mol. The monoisotopic (exact) mass is 348 g/mol. The Morgan fingerprint density at radius 1 is 1.12 bits per heavy atom. The van der Waals surface area contributed by atoms with Gasteiger partial charge in [-0.15, -0.1) is 5.06 Å². The molecule has 126 valence electrons. The molecular formula is C17H17ClN2O4. The van der Waals surface area contributed by atoms with Crippen LogP contribution in [0.5, 0.6) is 17.2 Å². The summed E-state index contributed by atoms with van der Waals surface area (Å²) in [6, 6.07) is 13.7. The molecule has 1 amide bonds. The van der Waals surface area contributed by atoms with E-state index >= 15 is 0 Å². The van der Waals surface area contributed by atoms with E-state index in [1.165, 1.54) is 0 Å². The summed E-state index contributed by atoms with van der Waals surface area (Å²) in [5.41, 5.74) is 5.46. The van der Waals surface area contributed by atoms with E-state index in [4.69, 9.17) is 31.6 Å². The molecule has 1 aliphatic heterocycles. The van der Waals surface area contributed by atoms with Crippen molar-refractivity contribution in [1.29, 1.82) is 0 Å². The van der Waals surface area contributed by atoms with Gasteiger partial charge in [0.1, 0.15) is 23.3 Å². The number of rotatable bonds is 7. The minimum absolute atomic E-state index is 0.236. The molecule has 0 saturated carbocycles. The number of hydrogen-bond acceptors (Lipinski definition) is 5. The normalized spacial score (nSPS) is 20.1. The number of nitrogens with two attached hydrogens (primary N) is 1. The fraction of sp³-hybridized carbons (Fsp3) is 0.235. The molecule has 3 rings (SSSR count). The third kappa shape index (κ3) is 3.90. The zero-order valence-corrected chi connectivity index (χ0v) is 13.8. The van der Waals surface area contributed by atoms with Crippen molar-refractivity contribution in [1.82, 2.24) is 5.06 Å². The summed E-state index contributed by atoms with van der Waals surface area (Å²) < 4.78 is 10.8. The molecule has 0 aromatic heterocycles. The summed E-state index contributed by atoms with van der Waals surface area (Å²) >= 11 is 5.84. The van der Waals surface area contributed by atoms with Crippen LogP contribution in [-0.4, -0.2) is 36.8 Å². The average Bonchev–Trinajstić information content (AvgIpc) is 3.33. The topological polar surface area (TPSA) is 73.8 Å². The molecule has 2 N–H and O–H groups in total. The van der Waals surface area contributed by atoms with Crippen LogP contribution in [0.15, 0.2) is 48.5 Å². The van der Waals surface area contributed by atoms with Gasteiger partial charge < -0.3 is 20.0 Å². The number of benzene rings is 2. The number of ether oxygens (including phenoxy) is 2. The Kier molecular flexibility index (Phi) is 4.78. The van der Waals surface area contributed by atoms with Crippen LogP contribution in [-0.2, 0) is 4.79 Å². The van der Waals surface area contributed by atoms with Gasteiger partial charge in [-0.2, -0.15) is 0 Å². The molecule has 1 heterocycles. The van der Waals surface area contributed by atoms with Gasteiger partial charge in [0.25, 0.3) is 5.91 Å². The number of halogens is 1. The standard InChI is InChI=1S/C17H17ClN2O4/c1-22-12-6-8-14(9-7-12)24-20-10-15(20)16(17(19)21)23-13-4-2-11(18)3-5-13/h2-9,15-16H,10H2,1H3,(H2,19,21)/t15-,16+,20?/m1/s1. The van der Waals surface area contributed by atoms with Crippen LogP contribution < -0.4 is 20.0 Å². The SMILES string of the molecule is COc1ccc(ON2C[C@@H]2[C@H](Oc2ccc(Cl)cc2)C(N)=O)cc1. The Labute approximate surface area is 144 Å². The fourth-order valence-electron chi connectivity index (χ4n) is 2.25. The van der Waals surface area contributed by atoms with E-state index in [1.807, 2.05) is 0 Å². The van der Waals surface area contributed by atoms with E-state index in [-0.39, 0.29) is 6.04 Å². The Morgan fingerprint density at radius 3 is 2.29 bits per heavy atom. The lowest BCUT2D eigenvalue weighted by Gasteiger charge is -2.16. The first-order valence-corrected chi connectivity index (χ1v) is 7.75. The number of primary amides is 1. The van der Waals surface area contributed by atoms with Gasteiger partial charge in [-0.25, -0.2) is 0 Å². The minimum atomic E-state index is -0.801. The minimum Gasteiger partial charge on any atom is -0.497 e. The molecule has 7 heteroatoms. The molecule has 0 aliphatic carbocycles. The number of amides is 1. The average molecular weight is 349 g/mol. The maximum Gasteiger partial charge on any atom is 0.260 e. The van der Waals surface area contributed by atoms with Crippen molar-refractivity contribution in [2.45, 2.75) is 12.1 Å². The molecule has 1 aliphatic rings. The highest BCUT2D eigenvalue weighted by Gasteiger charge is 2.47. The number of methoxy groups -OCH3 is 1. The molecule has 2 aromatic carbocycles. The second-order valence-corrected chi connectivity index (χ2v) is 5.76. The van der Waals surface area contributed by atoms with E-state index in [0.717, 1.165) is 5.75 Å². The van der Waals surface area contributed by atoms with Gasteiger partial charge in [-0.3, -0.25) is 4.79 Å². The van der Waals surface area contributed by atoms with Gasteiger partial charge in [0.05, 0.1) is 13.7 Å². The molecule has 2 aromatic rings. The third-order valence-electron chi connectivity index (χ3n) is 3.59. The Balaban J connectivity index is 1.61. The van der Waals surface area contributed by atoms with Crippen LogP contribution in [0, 0.1) is 0 Å². The second-order valence-electron chi connectivity index (χ2n) is 5.33. The zero-order chi connectivity index (χ0) is 17.1. The molecule has 0 radical (unpaired) electrons. The van der Waals surface area contributed by atoms with Crippen molar-refractivity contribution >= 4 is 17.5 Å². The van der Waals surface area contributed by atoms with Crippen molar-refractivity contribution < 1.29 is 19.1 Å². The van der Waals surface area contributed by atoms with Gasteiger partial charge >= 0.3 is 0 Å². The Hall–Kier alpha value is -2.44. The summed E-state index contributed by atoms with van der Waals surface area (Å²) in [6.45, 7) is 0.549. The molecule has 3 atom stereocenters. The lowest BCUT2D eigenvalue weighted by molar-refractivity contribution is -0.126. The first-order chi connectivity index (χ1) is 11.6. The Bertz CT molecular complexity index is 706. The van der Waals surface area contributed by atoms with Crippen LogP contribution in [0.4, 0.5) is 0 Å². The Morgan fingerprint density at radius 2 is 1.71 bits per heavy atom. The van der Waals surface area contributed by atoms with Crippen molar-refractivity contribution in [2.75, 3.05) is 13.7 Å². The summed E-state index contributed by atoms with van der Waals surface area (Å²) in [4.78, 5) is 17.4. The summed E-state index contributed by atoms with van der Waals surface area (Å²) in [5.74, 6) is 1.37. The van der Waals surface area contributed by atoms with E-state index in [1.54, 1.807) is 60.7 Å². The van der Waals surface area contributed by atoms with Gasteiger partial charge in [0, 0.05) is 5.02 Å². The molecule has 1 saturated heterocycles.